The summed E-state index contributed by atoms with van der Waals surface area (Å²) >= 11 is 0. The van der Waals surface area contributed by atoms with Gasteiger partial charge in [0.15, 0.2) is 11.5 Å². The van der Waals surface area contributed by atoms with Crippen molar-refractivity contribution in [2.75, 3.05) is 6.79 Å². The number of hydrogen-bond donors (Lipinski definition) is 2. The number of carbonyl (C=O) groups is 2. The zero-order chi connectivity index (χ0) is 26.2. The molecule has 198 valence electrons. The van der Waals surface area contributed by atoms with Crippen molar-refractivity contribution in [2.24, 2.45) is 5.73 Å². The molecule has 2 amide bonds. The van der Waals surface area contributed by atoms with Gasteiger partial charge in [0.25, 0.3) is 5.91 Å². The molecule has 0 saturated heterocycles. The molecule has 3 aromatic rings. The van der Waals surface area contributed by atoms with Gasteiger partial charge in [0.1, 0.15) is 6.04 Å². The molecule has 3 atom stereocenters. The van der Waals surface area contributed by atoms with Crippen molar-refractivity contribution in [3.63, 3.8) is 0 Å². The summed E-state index contributed by atoms with van der Waals surface area (Å²) in [4.78, 5) is 33.9. The lowest BCUT2D eigenvalue weighted by atomic mass is 9.90. The highest BCUT2D eigenvalue weighted by Gasteiger charge is 2.39. The number of rotatable bonds is 5. The maximum Gasteiger partial charge on any atom is 0.255 e. The smallest absolute Gasteiger partial charge is 0.255 e. The SMILES string of the molecule is Cc1ccccc1Cn1cnc2c1CN(C(=O)c1ccc3c(c1)OCO3)C(C(=O)NC1CCCCC1N)C2. The standard InChI is InChI=1S/C29H33N5O4/c1-18-6-2-3-7-20(18)14-33-16-31-23-13-24(28(35)32-22-9-5-4-8-21(22)30)34(15-25(23)33)29(36)19-10-11-26-27(12-19)38-17-37-26/h2-3,6-7,10-12,16,21-22,24H,4-5,8-9,13-15,17,30H2,1H3,(H,32,35). The van der Waals surface area contributed by atoms with Crippen molar-refractivity contribution in [3.8, 4) is 11.5 Å². The fraction of sp³-hybridized carbons (Fsp3) is 0.414. The number of nitrogens with two attached hydrogens (primary N) is 1. The molecule has 3 aliphatic rings. The van der Waals surface area contributed by atoms with Gasteiger partial charge < -0.3 is 30.0 Å². The molecule has 3 heterocycles. The highest BCUT2D eigenvalue weighted by atomic mass is 16.7. The first-order chi connectivity index (χ1) is 18.5. The average molecular weight is 516 g/mol. The number of imidazole rings is 1. The number of amides is 2. The van der Waals surface area contributed by atoms with Crippen LogP contribution < -0.4 is 20.5 Å². The minimum atomic E-state index is -0.684. The molecular weight excluding hydrogens is 482 g/mol. The Labute approximate surface area is 221 Å². The Kier molecular flexibility index (Phi) is 6.53. The second-order valence-electron chi connectivity index (χ2n) is 10.5. The van der Waals surface area contributed by atoms with Gasteiger partial charge in [-0.2, -0.15) is 0 Å². The summed E-state index contributed by atoms with van der Waals surface area (Å²) in [6, 6.07) is 12.6. The Morgan fingerprint density at radius 2 is 1.92 bits per heavy atom. The summed E-state index contributed by atoms with van der Waals surface area (Å²) in [5.74, 6) is 0.734. The molecule has 0 bridgehead atoms. The largest absolute Gasteiger partial charge is 0.454 e. The third kappa shape index (κ3) is 4.62. The molecule has 38 heavy (non-hydrogen) atoms. The van der Waals surface area contributed by atoms with Crippen molar-refractivity contribution in [1.29, 1.82) is 0 Å². The van der Waals surface area contributed by atoms with Crippen LogP contribution in [0.5, 0.6) is 11.5 Å². The second kappa shape index (κ2) is 10.1. The van der Waals surface area contributed by atoms with Crippen LogP contribution in [-0.4, -0.2) is 51.2 Å². The molecule has 1 fully saturated rings. The fourth-order valence-electron chi connectivity index (χ4n) is 5.73. The summed E-state index contributed by atoms with van der Waals surface area (Å²) < 4.78 is 13.0. The summed E-state index contributed by atoms with van der Waals surface area (Å²) in [6.07, 6.45) is 6.02. The Hall–Kier alpha value is -3.85. The molecule has 2 aliphatic heterocycles. The van der Waals surface area contributed by atoms with Gasteiger partial charge in [0.2, 0.25) is 12.7 Å². The van der Waals surface area contributed by atoms with E-state index in [1.807, 2.05) is 18.5 Å². The van der Waals surface area contributed by atoms with E-state index in [0.717, 1.165) is 37.1 Å². The molecular formula is C29H33N5O4. The van der Waals surface area contributed by atoms with Crippen LogP contribution in [0.4, 0.5) is 0 Å². The molecule has 1 aliphatic carbocycles. The van der Waals surface area contributed by atoms with Gasteiger partial charge in [0.05, 0.1) is 24.3 Å². The first kappa shape index (κ1) is 24.5. The van der Waals surface area contributed by atoms with Crippen LogP contribution in [0.2, 0.25) is 0 Å². The van der Waals surface area contributed by atoms with E-state index in [4.69, 9.17) is 15.2 Å². The number of nitrogens with zero attached hydrogens (tertiary/aromatic N) is 3. The third-order valence-corrected chi connectivity index (χ3v) is 8.05. The first-order valence-electron chi connectivity index (χ1n) is 13.3. The molecule has 6 rings (SSSR count). The summed E-state index contributed by atoms with van der Waals surface area (Å²) in [6.45, 7) is 3.15. The van der Waals surface area contributed by atoms with Crippen molar-refractivity contribution >= 4 is 11.8 Å². The number of benzene rings is 2. The fourth-order valence-corrected chi connectivity index (χ4v) is 5.73. The first-order valence-corrected chi connectivity index (χ1v) is 13.3. The lowest BCUT2D eigenvalue weighted by Gasteiger charge is -2.37. The molecule has 2 aromatic carbocycles. The van der Waals surface area contributed by atoms with Crippen molar-refractivity contribution in [3.05, 3.63) is 76.9 Å². The molecule has 1 saturated carbocycles. The molecule has 0 spiro atoms. The number of ether oxygens (including phenoxy) is 2. The number of aromatic nitrogens is 2. The van der Waals surface area contributed by atoms with Crippen LogP contribution in [0.15, 0.2) is 48.8 Å². The predicted molar refractivity (Wildman–Crippen MR) is 141 cm³/mol. The second-order valence-corrected chi connectivity index (χ2v) is 10.5. The number of fused-ring (bicyclic) bond motifs is 2. The number of carbonyl (C=O) groups excluding carboxylic acids is 2. The average Bonchev–Trinajstić information content (AvgIpc) is 3.56. The lowest BCUT2D eigenvalue weighted by molar-refractivity contribution is -0.127. The molecule has 9 heteroatoms. The van der Waals surface area contributed by atoms with E-state index < -0.39 is 6.04 Å². The number of aryl methyl sites for hydroxylation is 1. The van der Waals surface area contributed by atoms with E-state index in [2.05, 4.69) is 33.9 Å². The predicted octanol–water partition coefficient (Wildman–Crippen LogP) is 2.92. The quantitative estimate of drug-likeness (QED) is 0.541. The highest BCUT2D eigenvalue weighted by Crippen LogP contribution is 2.34. The van der Waals surface area contributed by atoms with Gasteiger partial charge in [0, 0.05) is 30.6 Å². The van der Waals surface area contributed by atoms with Crippen LogP contribution in [-0.2, 0) is 24.3 Å². The van der Waals surface area contributed by atoms with Crippen LogP contribution in [0.3, 0.4) is 0 Å². The van der Waals surface area contributed by atoms with E-state index in [-0.39, 0.29) is 37.2 Å². The number of hydrogen-bond acceptors (Lipinski definition) is 6. The monoisotopic (exact) mass is 515 g/mol. The van der Waals surface area contributed by atoms with E-state index >= 15 is 0 Å². The van der Waals surface area contributed by atoms with Crippen molar-refractivity contribution in [1.82, 2.24) is 19.8 Å². The summed E-state index contributed by atoms with van der Waals surface area (Å²) in [7, 11) is 0. The topological polar surface area (TPSA) is 112 Å². The van der Waals surface area contributed by atoms with Crippen LogP contribution >= 0.6 is 0 Å². The highest BCUT2D eigenvalue weighted by molar-refractivity contribution is 5.98. The van der Waals surface area contributed by atoms with Crippen molar-refractivity contribution < 1.29 is 19.1 Å². The zero-order valence-corrected chi connectivity index (χ0v) is 21.6. The molecule has 3 N–H and O–H groups in total. The molecule has 0 radical (unpaired) electrons. The zero-order valence-electron chi connectivity index (χ0n) is 21.6. The Morgan fingerprint density at radius 3 is 2.76 bits per heavy atom. The van der Waals surface area contributed by atoms with Gasteiger partial charge in [-0.25, -0.2) is 4.98 Å². The van der Waals surface area contributed by atoms with Gasteiger partial charge in [-0.15, -0.1) is 0 Å². The van der Waals surface area contributed by atoms with Crippen LogP contribution in [0.25, 0.3) is 0 Å². The minimum Gasteiger partial charge on any atom is -0.454 e. The van der Waals surface area contributed by atoms with Crippen LogP contribution in [0, 0.1) is 6.92 Å². The summed E-state index contributed by atoms with van der Waals surface area (Å²) in [5, 5.41) is 3.16. The van der Waals surface area contributed by atoms with E-state index in [1.165, 1.54) is 11.1 Å². The lowest BCUT2D eigenvalue weighted by Crippen LogP contribution is -2.57. The van der Waals surface area contributed by atoms with E-state index in [9.17, 15) is 9.59 Å². The van der Waals surface area contributed by atoms with Gasteiger partial charge in [-0.1, -0.05) is 37.1 Å². The maximum absolute atomic E-state index is 13.9. The normalized spacial score (nSPS) is 22.2. The molecule has 9 nitrogen and oxygen atoms in total. The maximum atomic E-state index is 13.9. The Morgan fingerprint density at radius 1 is 1.11 bits per heavy atom. The van der Waals surface area contributed by atoms with Gasteiger partial charge in [-0.3, -0.25) is 9.59 Å². The van der Waals surface area contributed by atoms with Crippen molar-refractivity contribution in [2.45, 2.75) is 70.2 Å². The van der Waals surface area contributed by atoms with E-state index in [0.29, 0.717) is 30.0 Å². The van der Waals surface area contributed by atoms with Gasteiger partial charge >= 0.3 is 0 Å². The third-order valence-electron chi connectivity index (χ3n) is 8.05. The Balaban J connectivity index is 1.31. The van der Waals surface area contributed by atoms with Crippen LogP contribution in [0.1, 0.15) is 58.6 Å². The van der Waals surface area contributed by atoms with Gasteiger partial charge in [-0.05, 0) is 49.1 Å². The van der Waals surface area contributed by atoms with E-state index in [1.54, 1.807) is 23.1 Å². The summed E-state index contributed by atoms with van der Waals surface area (Å²) in [5.41, 5.74) is 11.0. The number of nitrogens with one attached hydrogen (secondary N) is 1. The Bertz CT molecular complexity index is 1370. The molecule has 3 unspecified atom stereocenters. The molecule has 1 aromatic heterocycles. The minimum absolute atomic E-state index is 0.0711.